The Morgan fingerprint density at radius 1 is 0.763 bits per heavy atom. The summed E-state index contributed by atoms with van der Waals surface area (Å²) in [4.78, 5) is 13.1. The molecule has 3 aromatic rings. The van der Waals surface area contributed by atoms with Gasteiger partial charge in [-0.25, -0.2) is 0 Å². The number of nitro benzene ring substituents is 1. The van der Waals surface area contributed by atoms with Crippen molar-refractivity contribution in [3.63, 3.8) is 0 Å². The smallest absolute Gasteiger partial charge is 0.287 e. The first-order valence-electron chi connectivity index (χ1n) is 13.9. The molecule has 0 atom stereocenters. The maximum absolute atomic E-state index is 11.0. The molecular weight excluding hydrogens is 470 g/mol. The first kappa shape index (κ1) is 28.7. The van der Waals surface area contributed by atoms with Gasteiger partial charge in [-0.15, -0.1) is 0 Å². The molecule has 0 fully saturated rings. The number of anilines is 1. The molecule has 0 unspecified atom stereocenters. The Kier molecular flexibility index (Phi) is 11.6. The van der Waals surface area contributed by atoms with Gasteiger partial charge in [-0.3, -0.25) is 10.1 Å². The van der Waals surface area contributed by atoms with Crippen molar-refractivity contribution in [2.45, 2.75) is 65.2 Å². The second kappa shape index (κ2) is 15.4. The zero-order valence-electron chi connectivity index (χ0n) is 22.7. The highest BCUT2D eigenvalue weighted by Gasteiger charge is 2.13. The van der Waals surface area contributed by atoms with Gasteiger partial charge in [0.15, 0.2) is 0 Å². The molecule has 5 nitrogen and oxygen atoms in total. The summed E-state index contributed by atoms with van der Waals surface area (Å²) in [6.07, 6.45) is 14.0. The Morgan fingerprint density at radius 3 is 1.82 bits per heavy atom. The van der Waals surface area contributed by atoms with E-state index in [1.807, 2.05) is 18.2 Å². The largest absolute Gasteiger partial charge is 0.372 e. The van der Waals surface area contributed by atoms with Crippen LogP contribution in [0.2, 0.25) is 0 Å². The van der Waals surface area contributed by atoms with Crippen molar-refractivity contribution >= 4 is 23.5 Å². The normalized spacial score (nSPS) is 11.0. The molecule has 0 aliphatic carbocycles. The molecule has 38 heavy (non-hydrogen) atoms. The molecule has 0 amide bonds. The Balaban J connectivity index is 1.66. The van der Waals surface area contributed by atoms with Crippen LogP contribution in [0.1, 0.15) is 81.9 Å². The third-order valence-corrected chi connectivity index (χ3v) is 6.85. The minimum atomic E-state index is -0.532. The van der Waals surface area contributed by atoms with Crippen LogP contribution >= 0.6 is 0 Å². The molecule has 0 radical (unpaired) electrons. The van der Waals surface area contributed by atoms with E-state index >= 15 is 0 Å². The lowest BCUT2D eigenvalue weighted by Crippen LogP contribution is -2.25. The van der Waals surface area contributed by atoms with Gasteiger partial charge < -0.3 is 4.90 Å². The van der Waals surface area contributed by atoms with Gasteiger partial charge in [0.25, 0.3) is 5.69 Å². The summed E-state index contributed by atoms with van der Waals surface area (Å²) in [6, 6.07) is 23.8. The fourth-order valence-electron chi connectivity index (χ4n) is 4.58. The van der Waals surface area contributed by atoms with Gasteiger partial charge >= 0.3 is 0 Å². The summed E-state index contributed by atoms with van der Waals surface area (Å²) in [6.45, 7) is 6.76. The van der Waals surface area contributed by atoms with Crippen LogP contribution < -0.4 is 4.90 Å². The molecule has 0 heterocycles. The lowest BCUT2D eigenvalue weighted by Gasteiger charge is -2.25. The number of nitro groups is 1. The lowest BCUT2D eigenvalue weighted by atomic mass is 10.0. The Bertz CT molecular complexity index is 1210. The van der Waals surface area contributed by atoms with E-state index in [-0.39, 0.29) is 11.3 Å². The number of unbranched alkanes of at least 4 members (excludes halogenated alkanes) is 6. The highest BCUT2D eigenvalue weighted by atomic mass is 16.6. The minimum absolute atomic E-state index is 0.0661. The predicted molar refractivity (Wildman–Crippen MR) is 159 cm³/mol. The Labute approximate surface area is 227 Å². The quantitative estimate of drug-likeness (QED) is 0.0885. The standard InChI is InChI=1S/C33H39N3O2/c1-3-5-7-9-23-35(24-10-8-6-4-2)32-20-18-30(19-21-32)29-16-13-27(14-17-29)11-12-28-15-22-33(36(37)38)31(25-28)26-34/h11-22,25H,3-10,23-24H2,1-2H3/b12-11+. The molecule has 0 aliphatic rings. The number of nitriles is 1. The summed E-state index contributed by atoms with van der Waals surface area (Å²) in [5, 5.41) is 20.2. The Hall–Kier alpha value is -3.91. The van der Waals surface area contributed by atoms with Gasteiger partial charge in [-0.1, -0.05) is 101 Å². The van der Waals surface area contributed by atoms with E-state index in [4.69, 9.17) is 0 Å². The van der Waals surface area contributed by atoms with Crippen LogP contribution in [0.25, 0.3) is 23.3 Å². The number of hydrogen-bond donors (Lipinski definition) is 0. The molecule has 0 aromatic heterocycles. The number of hydrogen-bond acceptors (Lipinski definition) is 4. The van der Waals surface area contributed by atoms with Gasteiger partial charge in [-0.2, -0.15) is 5.26 Å². The molecule has 0 spiro atoms. The van der Waals surface area contributed by atoms with E-state index in [0.717, 1.165) is 29.8 Å². The number of benzene rings is 3. The van der Waals surface area contributed by atoms with Gasteiger partial charge in [0, 0.05) is 24.8 Å². The second-order valence-corrected chi connectivity index (χ2v) is 9.76. The van der Waals surface area contributed by atoms with Gasteiger partial charge in [0.05, 0.1) is 4.92 Å². The Morgan fingerprint density at radius 2 is 1.29 bits per heavy atom. The van der Waals surface area contributed by atoms with E-state index < -0.39 is 4.92 Å². The summed E-state index contributed by atoms with van der Waals surface area (Å²) in [7, 11) is 0. The molecule has 0 N–H and O–H groups in total. The second-order valence-electron chi connectivity index (χ2n) is 9.76. The van der Waals surface area contributed by atoms with Crippen molar-refractivity contribution in [2.24, 2.45) is 0 Å². The van der Waals surface area contributed by atoms with Gasteiger partial charge in [0.2, 0.25) is 0 Å². The molecule has 0 saturated carbocycles. The molecule has 0 aliphatic heterocycles. The summed E-state index contributed by atoms with van der Waals surface area (Å²) < 4.78 is 0. The maximum atomic E-state index is 11.0. The van der Waals surface area contributed by atoms with Crippen LogP contribution in [-0.2, 0) is 0 Å². The summed E-state index contributed by atoms with van der Waals surface area (Å²) in [5.41, 5.74) is 5.32. The van der Waals surface area contributed by atoms with Crippen molar-refractivity contribution in [1.82, 2.24) is 0 Å². The van der Waals surface area contributed by atoms with Crippen molar-refractivity contribution in [2.75, 3.05) is 18.0 Å². The van der Waals surface area contributed by atoms with Crippen molar-refractivity contribution < 1.29 is 4.92 Å². The summed E-state index contributed by atoms with van der Waals surface area (Å²) in [5.74, 6) is 0. The van der Waals surface area contributed by atoms with Gasteiger partial charge in [-0.05, 0) is 59.4 Å². The fourth-order valence-corrected chi connectivity index (χ4v) is 4.58. The number of nitrogens with zero attached hydrogens (tertiary/aromatic N) is 3. The van der Waals surface area contributed by atoms with Crippen molar-refractivity contribution in [3.05, 3.63) is 93.5 Å². The highest BCUT2D eigenvalue weighted by Crippen LogP contribution is 2.25. The van der Waals surface area contributed by atoms with E-state index in [9.17, 15) is 15.4 Å². The SMILES string of the molecule is CCCCCCN(CCCCCC)c1ccc(-c2ccc(/C=C/c3ccc([N+](=O)[O-])c(C#N)c3)cc2)cc1. The fraction of sp³-hybridized carbons (Fsp3) is 0.364. The molecule has 198 valence electrons. The zero-order valence-corrected chi connectivity index (χ0v) is 22.7. The van der Waals surface area contributed by atoms with Crippen LogP contribution in [0.3, 0.4) is 0 Å². The third-order valence-electron chi connectivity index (χ3n) is 6.85. The number of rotatable bonds is 15. The van der Waals surface area contributed by atoms with Crippen LogP contribution in [-0.4, -0.2) is 18.0 Å². The van der Waals surface area contributed by atoms with E-state index in [1.165, 1.54) is 68.7 Å². The average Bonchev–Trinajstić information content (AvgIpc) is 2.95. The first-order chi connectivity index (χ1) is 18.5. The zero-order chi connectivity index (χ0) is 27.2. The highest BCUT2D eigenvalue weighted by molar-refractivity contribution is 5.74. The van der Waals surface area contributed by atoms with Crippen LogP contribution in [0, 0.1) is 21.4 Å². The first-order valence-corrected chi connectivity index (χ1v) is 13.9. The van der Waals surface area contributed by atoms with Gasteiger partial charge in [0.1, 0.15) is 11.6 Å². The molecule has 0 bridgehead atoms. The molecular formula is C33H39N3O2. The maximum Gasteiger partial charge on any atom is 0.287 e. The van der Waals surface area contributed by atoms with E-state index in [2.05, 4.69) is 67.3 Å². The predicted octanol–water partition coefficient (Wildman–Crippen LogP) is 9.27. The molecule has 5 heteroatoms. The third kappa shape index (κ3) is 8.59. The monoisotopic (exact) mass is 509 g/mol. The van der Waals surface area contributed by atoms with E-state index in [1.54, 1.807) is 12.1 Å². The van der Waals surface area contributed by atoms with Crippen LogP contribution in [0.4, 0.5) is 11.4 Å². The van der Waals surface area contributed by atoms with Crippen molar-refractivity contribution in [3.8, 4) is 17.2 Å². The molecule has 0 saturated heterocycles. The lowest BCUT2D eigenvalue weighted by molar-refractivity contribution is -0.385. The average molecular weight is 510 g/mol. The minimum Gasteiger partial charge on any atom is -0.372 e. The van der Waals surface area contributed by atoms with Crippen LogP contribution in [0.5, 0.6) is 0 Å². The van der Waals surface area contributed by atoms with E-state index in [0.29, 0.717) is 0 Å². The van der Waals surface area contributed by atoms with Crippen molar-refractivity contribution in [1.29, 1.82) is 5.26 Å². The topological polar surface area (TPSA) is 70.2 Å². The summed E-state index contributed by atoms with van der Waals surface area (Å²) >= 11 is 0. The molecule has 3 rings (SSSR count). The molecule has 3 aromatic carbocycles. The van der Waals surface area contributed by atoms with Crippen LogP contribution in [0.15, 0.2) is 66.7 Å².